The number of carboxylic acids is 4. The van der Waals surface area contributed by atoms with Gasteiger partial charge in [-0.1, -0.05) is 0 Å². The number of nitrogens with zero attached hydrogens (tertiary/aromatic N) is 2. The van der Waals surface area contributed by atoms with E-state index in [-0.39, 0.29) is 34.2 Å². The molecular formula is C10H16N2O8W. The molecule has 0 rings (SSSR count). The molecule has 0 heterocycles. The molecule has 0 unspecified atom stereocenters. The molecular weight excluding hydrogens is 460 g/mol. The van der Waals surface area contributed by atoms with E-state index in [2.05, 4.69) is 0 Å². The first kappa shape index (κ1) is 21.8. The molecule has 0 saturated heterocycles. The summed E-state index contributed by atoms with van der Waals surface area (Å²) >= 11 is 0. The van der Waals surface area contributed by atoms with E-state index in [1.54, 1.807) is 0 Å². The van der Waals surface area contributed by atoms with E-state index in [9.17, 15) is 19.2 Å². The van der Waals surface area contributed by atoms with Gasteiger partial charge in [0.15, 0.2) is 0 Å². The molecule has 0 saturated carbocycles. The van der Waals surface area contributed by atoms with Gasteiger partial charge in [-0.25, -0.2) is 0 Å². The molecule has 10 nitrogen and oxygen atoms in total. The molecule has 0 spiro atoms. The van der Waals surface area contributed by atoms with Crippen LogP contribution in [0.1, 0.15) is 0 Å². The minimum Gasteiger partial charge on any atom is -0.480 e. The third-order valence-electron chi connectivity index (χ3n) is 2.17. The van der Waals surface area contributed by atoms with Crippen LogP contribution in [-0.4, -0.2) is 93.4 Å². The maximum atomic E-state index is 10.6. The van der Waals surface area contributed by atoms with Gasteiger partial charge in [-0.15, -0.1) is 0 Å². The predicted molar refractivity (Wildman–Crippen MR) is 63.4 cm³/mol. The molecule has 0 amide bonds. The summed E-state index contributed by atoms with van der Waals surface area (Å²) in [7, 11) is 0. The average Bonchev–Trinajstić information content (AvgIpc) is 2.22. The Morgan fingerprint density at radius 2 is 0.762 bits per heavy atom. The Kier molecular flexibility index (Phi) is 11.6. The zero-order valence-electron chi connectivity index (χ0n) is 11.0. The molecule has 120 valence electrons. The monoisotopic (exact) mass is 476 g/mol. The molecule has 0 aliphatic heterocycles. The van der Waals surface area contributed by atoms with E-state index in [4.69, 9.17) is 20.4 Å². The zero-order valence-corrected chi connectivity index (χ0v) is 13.9. The molecule has 0 aliphatic carbocycles. The Morgan fingerprint density at radius 3 is 0.905 bits per heavy atom. The maximum absolute atomic E-state index is 10.6. The van der Waals surface area contributed by atoms with Crippen molar-refractivity contribution >= 4 is 23.9 Å². The molecule has 0 aromatic rings. The molecule has 11 heteroatoms. The van der Waals surface area contributed by atoms with Crippen molar-refractivity contribution in [2.75, 3.05) is 39.3 Å². The molecule has 0 aromatic heterocycles. The Labute approximate surface area is 134 Å². The summed E-state index contributed by atoms with van der Waals surface area (Å²) in [6.45, 7) is -2.25. The van der Waals surface area contributed by atoms with Crippen molar-refractivity contribution in [2.45, 2.75) is 0 Å². The standard InChI is InChI=1S/C10H16N2O8.W/c13-7(14)3-11(4-8(15)16)1-2-12(5-9(17)18)6-10(19)20;/h1-6H2,(H,13,14)(H,15,16)(H,17,18)(H,19,20);. The van der Waals surface area contributed by atoms with Gasteiger partial charge in [0.2, 0.25) is 0 Å². The summed E-state index contributed by atoms with van der Waals surface area (Å²) in [6, 6.07) is 0. The molecule has 0 bridgehead atoms. The van der Waals surface area contributed by atoms with Crippen molar-refractivity contribution in [2.24, 2.45) is 0 Å². The van der Waals surface area contributed by atoms with Crippen LogP contribution in [0.2, 0.25) is 0 Å². The minimum atomic E-state index is -1.23. The van der Waals surface area contributed by atoms with E-state index in [0.29, 0.717) is 0 Å². The third kappa shape index (κ3) is 13.2. The van der Waals surface area contributed by atoms with Gasteiger partial charge in [-0.3, -0.25) is 29.0 Å². The fraction of sp³-hybridized carbons (Fsp3) is 0.600. The predicted octanol–water partition coefficient (Wildman–Crippen LogP) is -2.07. The van der Waals surface area contributed by atoms with Crippen LogP contribution in [-0.2, 0) is 40.2 Å². The number of hydrogen-bond acceptors (Lipinski definition) is 6. The van der Waals surface area contributed by atoms with E-state index in [1.165, 1.54) is 0 Å². The minimum absolute atomic E-state index is 0. The topological polar surface area (TPSA) is 156 Å². The Balaban J connectivity index is 0. The van der Waals surface area contributed by atoms with Crippen molar-refractivity contribution in [3.63, 3.8) is 0 Å². The summed E-state index contributed by atoms with van der Waals surface area (Å²) in [5.74, 6) is -4.91. The van der Waals surface area contributed by atoms with Crippen molar-refractivity contribution in [3.05, 3.63) is 0 Å². The molecule has 0 radical (unpaired) electrons. The number of carboxylic acid groups (broad SMARTS) is 4. The van der Waals surface area contributed by atoms with E-state index in [0.717, 1.165) is 9.80 Å². The Bertz CT molecular complexity index is 321. The summed E-state index contributed by atoms with van der Waals surface area (Å²) in [4.78, 5) is 44.4. The first-order chi connectivity index (χ1) is 9.20. The van der Waals surface area contributed by atoms with Crippen molar-refractivity contribution < 1.29 is 60.7 Å². The van der Waals surface area contributed by atoms with Crippen LogP contribution >= 0.6 is 0 Å². The van der Waals surface area contributed by atoms with Crippen molar-refractivity contribution in [3.8, 4) is 0 Å². The Hall–Kier alpha value is -1.51. The van der Waals surface area contributed by atoms with Crippen molar-refractivity contribution in [1.29, 1.82) is 0 Å². The Morgan fingerprint density at radius 1 is 0.571 bits per heavy atom. The van der Waals surface area contributed by atoms with Crippen LogP contribution in [0.4, 0.5) is 0 Å². The zero-order chi connectivity index (χ0) is 15.7. The van der Waals surface area contributed by atoms with Crippen molar-refractivity contribution in [1.82, 2.24) is 9.80 Å². The van der Waals surface area contributed by atoms with Crippen LogP contribution in [0, 0.1) is 0 Å². The molecule has 4 N–H and O–H groups in total. The first-order valence-corrected chi connectivity index (χ1v) is 5.52. The fourth-order valence-corrected chi connectivity index (χ4v) is 1.48. The number of carbonyl (C=O) groups is 4. The van der Waals surface area contributed by atoms with Crippen LogP contribution in [0.15, 0.2) is 0 Å². The van der Waals surface area contributed by atoms with E-state index in [1.807, 2.05) is 0 Å². The van der Waals surface area contributed by atoms with Gasteiger partial charge in [0.1, 0.15) is 0 Å². The largest absolute Gasteiger partial charge is 0.480 e. The second-order valence-electron chi connectivity index (χ2n) is 4.00. The normalized spacial score (nSPS) is 10.2. The van der Waals surface area contributed by atoms with E-state index >= 15 is 0 Å². The summed E-state index contributed by atoms with van der Waals surface area (Å²) < 4.78 is 0. The molecule has 0 aliphatic rings. The van der Waals surface area contributed by atoms with Crippen LogP contribution in [0.3, 0.4) is 0 Å². The second-order valence-corrected chi connectivity index (χ2v) is 4.00. The number of aliphatic carboxylic acids is 4. The fourth-order valence-electron chi connectivity index (χ4n) is 1.48. The average molecular weight is 476 g/mol. The second kappa shape index (κ2) is 11.2. The van der Waals surface area contributed by atoms with Gasteiger partial charge in [-0.05, 0) is 0 Å². The van der Waals surface area contributed by atoms with Gasteiger partial charge in [0.05, 0.1) is 26.2 Å². The van der Waals surface area contributed by atoms with Crippen LogP contribution in [0.25, 0.3) is 0 Å². The summed E-state index contributed by atoms with van der Waals surface area (Å²) in [6.07, 6.45) is 0. The summed E-state index contributed by atoms with van der Waals surface area (Å²) in [5.41, 5.74) is 0. The van der Waals surface area contributed by atoms with Gasteiger partial charge < -0.3 is 20.4 Å². The molecule has 0 atom stereocenters. The molecule has 21 heavy (non-hydrogen) atoms. The van der Waals surface area contributed by atoms with Gasteiger partial charge in [-0.2, -0.15) is 0 Å². The van der Waals surface area contributed by atoms with Crippen LogP contribution in [0.5, 0.6) is 0 Å². The summed E-state index contributed by atoms with van der Waals surface area (Å²) in [5, 5.41) is 34.5. The number of hydrogen-bond donors (Lipinski definition) is 4. The first-order valence-electron chi connectivity index (χ1n) is 5.52. The quantitative estimate of drug-likeness (QED) is 0.261. The van der Waals surface area contributed by atoms with Gasteiger partial charge in [0.25, 0.3) is 0 Å². The third-order valence-corrected chi connectivity index (χ3v) is 2.17. The van der Waals surface area contributed by atoms with E-state index < -0.39 is 50.1 Å². The SMILES string of the molecule is O=C(O)CN(CCN(CC(=O)O)CC(=O)O)CC(=O)O.[W]. The van der Waals surface area contributed by atoms with Gasteiger partial charge >= 0.3 is 23.9 Å². The van der Waals surface area contributed by atoms with Gasteiger partial charge in [0, 0.05) is 34.2 Å². The maximum Gasteiger partial charge on any atom is 0.317 e. The molecule has 0 fully saturated rings. The smallest absolute Gasteiger partial charge is 0.317 e. The molecule has 0 aromatic carbocycles. The number of rotatable bonds is 11. The van der Waals surface area contributed by atoms with Crippen LogP contribution < -0.4 is 0 Å².